The highest BCUT2D eigenvalue weighted by molar-refractivity contribution is 6.46. The van der Waals surface area contributed by atoms with Gasteiger partial charge in [-0.25, -0.2) is 9.79 Å². The van der Waals surface area contributed by atoms with Crippen LogP contribution in [0.15, 0.2) is 52.1 Å². The quantitative estimate of drug-likeness (QED) is 0.675. The van der Waals surface area contributed by atoms with Gasteiger partial charge in [-0.2, -0.15) is 0 Å². The fourth-order valence-corrected chi connectivity index (χ4v) is 2.41. The average Bonchev–Trinajstić information content (AvgIpc) is 3.07. The number of aliphatic carboxylic acids is 1. The molecule has 0 aliphatic carbocycles. The van der Waals surface area contributed by atoms with E-state index in [2.05, 4.69) is 4.99 Å². The molecule has 1 atom stereocenters. The molecular formula is C18H14N2O5. The molecule has 126 valence electrons. The van der Waals surface area contributed by atoms with E-state index in [4.69, 9.17) is 9.52 Å². The number of likely N-dealkylation sites (N-methyl/N-ethyl adjacent to an activating group) is 1. The molecule has 2 aromatic rings. The van der Waals surface area contributed by atoms with Crippen molar-refractivity contribution in [2.45, 2.75) is 6.04 Å². The van der Waals surface area contributed by atoms with E-state index in [1.165, 1.54) is 13.3 Å². The fraction of sp³-hybridized carbons (Fsp3) is 0.111. The highest BCUT2D eigenvalue weighted by atomic mass is 16.4. The molecular weight excluding hydrogens is 324 g/mol. The molecule has 3 rings (SSSR count). The molecule has 1 aliphatic rings. The van der Waals surface area contributed by atoms with Crippen LogP contribution < -0.4 is 0 Å². The lowest BCUT2D eigenvalue weighted by Crippen LogP contribution is -2.50. The van der Waals surface area contributed by atoms with Crippen LogP contribution in [0.5, 0.6) is 0 Å². The van der Waals surface area contributed by atoms with Crippen LogP contribution in [-0.2, 0) is 14.4 Å². The molecule has 2 heterocycles. The summed E-state index contributed by atoms with van der Waals surface area (Å²) in [4.78, 5) is 39.9. The van der Waals surface area contributed by atoms with Crippen molar-refractivity contribution in [2.24, 2.45) is 4.99 Å². The number of aliphatic imine (C=N–C) groups is 1. The largest absolute Gasteiger partial charge is 0.479 e. The Morgan fingerprint density at radius 2 is 1.92 bits per heavy atom. The van der Waals surface area contributed by atoms with Gasteiger partial charge in [0.2, 0.25) is 6.04 Å². The molecule has 0 saturated heterocycles. The van der Waals surface area contributed by atoms with Gasteiger partial charge in [0.15, 0.2) is 11.6 Å². The van der Waals surface area contributed by atoms with Gasteiger partial charge in [0.25, 0.3) is 11.7 Å². The fourth-order valence-electron chi connectivity index (χ4n) is 2.41. The Morgan fingerprint density at radius 3 is 2.60 bits per heavy atom. The van der Waals surface area contributed by atoms with E-state index in [-0.39, 0.29) is 11.6 Å². The number of benzene rings is 1. The van der Waals surface area contributed by atoms with Gasteiger partial charge in [-0.3, -0.25) is 14.5 Å². The summed E-state index contributed by atoms with van der Waals surface area (Å²) in [6.45, 7) is 0. The maximum atomic E-state index is 12.0. The van der Waals surface area contributed by atoms with E-state index in [0.717, 1.165) is 10.5 Å². The molecule has 7 nitrogen and oxygen atoms in total. The van der Waals surface area contributed by atoms with Crippen LogP contribution in [0.25, 0.3) is 12.2 Å². The lowest BCUT2D eigenvalue weighted by molar-refractivity contribution is -0.149. The van der Waals surface area contributed by atoms with Gasteiger partial charge >= 0.3 is 5.97 Å². The van der Waals surface area contributed by atoms with E-state index < -0.39 is 23.7 Å². The number of hydrogen-bond acceptors (Lipinski definition) is 5. The molecule has 1 aromatic carbocycles. The molecule has 25 heavy (non-hydrogen) atoms. The van der Waals surface area contributed by atoms with Crippen molar-refractivity contribution in [3.05, 3.63) is 59.5 Å². The number of carboxylic acid groups (broad SMARTS) is 1. The molecule has 0 bridgehead atoms. The number of carbonyl (C=O) groups excluding carboxylic acids is 2. The molecule has 1 N–H and O–H groups in total. The van der Waals surface area contributed by atoms with Crippen LogP contribution >= 0.6 is 0 Å². The van der Waals surface area contributed by atoms with E-state index in [1.807, 2.05) is 36.4 Å². The first-order chi connectivity index (χ1) is 12.0. The summed E-state index contributed by atoms with van der Waals surface area (Å²) in [6.07, 6.45) is 5.02. The zero-order valence-corrected chi connectivity index (χ0v) is 13.2. The first-order valence-corrected chi connectivity index (χ1v) is 7.42. The molecule has 0 saturated carbocycles. The summed E-state index contributed by atoms with van der Waals surface area (Å²) < 4.78 is 5.39. The van der Waals surface area contributed by atoms with Crippen molar-refractivity contribution in [1.29, 1.82) is 0 Å². The van der Waals surface area contributed by atoms with Gasteiger partial charge in [0, 0.05) is 12.6 Å². The van der Waals surface area contributed by atoms with Crippen LogP contribution in [0.2, 0.25) is 0 Å². The summed E-state index contributed by atoms with van der Waals surface area (Å²) in [5.74, 6) is -3.26. The van der Waals surface area contributed by atoms with Gasteiger partial charge in [-0.05, 0) is 11.6 Å². The monoisotopic (exact) mass is 338 g/mol. The number of nitrogens with zero attached hydrogens (tertiary/aromatic N) is 2. The number of Topliss-reactive ketones (excluding diaryl/α,β-unsaturated/α-hetero) is 1. The normalized spacial score (nSPS) is 17.9. The summed E-state index contributed by atoms with van der Waals surface area (Å²) in [5.41, 5.74) is 1.57. The van der Waals surface area contributed by atoms with Gasteiger partial charge in [-0.15, -0.1) is 0 Å². The Morgan fingerprint density at radius 1 is 1.20 bits per heavy atom. The minimum absolute atomic E-state index is 0.00899. The zero-order valence-electron chi connectivity index (χ0n) is 13.2. The average molecular weight is 338 g/mol. The predicted molar refractivity (Wildman–Crippen MR) is 89.8 cm³/mol. The lowest BCUT2D eigenvalue weighted by Gasteiger charge is -2.24. The summed E-state index contributed by atoms with van der Waals surface area (Å²) in [5, 5.41) is 9.11. The minimum Gasteiger partial charge on any atom is -0.479 e. The predicted octanol–water partition coefficient (Wildman–Crippen LogP) is 1.69. The van der Waals surface area contributed by atoms with Crippen molar-refractivity contribution in [2.75, 3.05) is 7.05 Å². The zero-order chi connectivity index (χ0) is 18.0. The number of carboxylic acids is 1. The van der Waals surface area contributed by atoms with E-state index in [0.29, 0.717) is 5.56 Å². The van der Waals surface area contributed by atoms with Gasteiger partial charge in [-0.1, -0.05) is 42.5 Å². The lowest BCUT2D eigenvalue weighted by atomic mass is 10.1. The number of amidine groups is 1. The number of hydrogen-bond donors (Lipinski definition) is 1. The molecule has 0 radical (unpaired) electrons. The summed E-state index contributed by atoms with van der Waals surface area (Å²) >= 11 is 0. The topological polar surface area (TPSA) is 100 Å². The van der Waals surface area contributed by atoms with Crippen molar-refractivity contribution < 1.29 is 23.9 Å². The Hall–Kier alpha value is -3.48. The second-order valence-corrected chi connectivity index (χ2v) is 5.37. The molecule has 1 amide bonds. The molecule has 1 aromatic heterocycles. The standard InChI is InChI=1S/C18H14N2O5/c1-20-16(19-13(18(23)24)14(21)17(20)22)15-12(9-10-25-15)8-7-11-5-3-2-4-6-11/h2-10,13H,1H3,(H,23,24)/b8-7+. The molecule has 7 heteroatoms. The van der Waals surface area contributed by atoms with Crippen molar-refractivity contribution in [3.8, 4) is 0 Å². The highest BCUT2D eigenvalue weighted by Crippen LogP contribution is 2.20. The van der Waals surface area contributed by atoms with Crippen molar-refractivity contribution in [1.82, 2.24) is 4.90 Å². The molecule has 0 fully saturated rings. The van der Waals surface area contributed by atoms with Crippen LogP contribution in [0.3, 0.4) is 0 Å². The Labute approximate surface area is 142 Å². The Bertz CT molecular complexity index is 895. The van der Waals surface area contributed by atoms with Crippen molar-refractivity contribution >= 4 is 35.6 Å². The van der Waals surface area contributed by atoms with Crippen LogP contribution in [-0.4, -0.2) is 46.6 Å². The first-order valence-electron chi connectivity index (χ1n) is 7.42. The van der Waals surface area contributed by atoms with Crippen LogP contribution in [0.1, 0.15) is 16.9 Å². The third-order valence-corrected chi connectivity index (χ3v) is 3.72. The SMILES string of the molecule is CN1C(=O)C(=O)C(C(=O)O)N=C1c1occc1/C=C/c1ccccc1. The summed E-state index contributed by atoms with van der Waals surface area (Å²) in [7, 11) is 1.35. The van der Waals surface area contributed by atoms with Crippen LogP contribution in [0, 0.1) is 0 Å². The van der Waals surface area contributed by atoms with E-state index >= 15 is 0 Å². The van der Waals surface area contributed by atoms with Gasteiger partial charge in [0.05, 0.1) is 6.26 Å². The third-order valence-electron chi connectivity index (χ3n) is 3.72. The van der Waals surface area contributed by atoms with Crippen LogP contribution in [0.4, 0.5) is 0 Å². The van der Waals surface area contributed by atoms with E-state index in [9.17, 15) is 14.4 Å². The highest BCUT2D eigenvalue weighted by Gasteiger charge is 2.40. The Balaban J connectivity index is 1.99. The molecule has 1 aliphatic heterocycles. The molecule has 1 unspecified atom stereocenters. The number of amides is 1. The summed E-state index contributed by atoms with van der Waals surface area (Å²) in [6, 6.07) is 9.46. The second kappa shape index (κ2) is 6.56. The maximum absolute atomic E-state index is 12.0. The Kier molecular flexibility index (Phi) is 4.30. The number of ketones is 1. The molecule has 0 spiro atoms. The number of rotatable bonds is 4. The smallest absolute Gasteiger partial charge is 0.336 e. The second-order valence-electron chi connectivity index (χ2n) is 5.37. The maximum Gasteiger partial charge on any atom is 0.336 e. The van der Waals surface area contributed by atoms with Gasteiger partial charge in [0.1, 0.15) is 0 Å². The number of carbonyl (C=O) groups is 3. The van der Waals surface area contributed by atoms with Gasteiger partial charge < -0.3 is 9.52 Å². The van der Waals surface area contributed by atoms with E-state index in [1.54, 1.807) is 12.1 Å². The third kappa shape index (κ3) is 3.12. The minimum atomic E-state index is -1.75. The first kappa shape index (κ1) is 16.4. The number of furan rings is 1. The van der Waals surface area contributed by atoms with Crippen molar-refractivity contribution in [3.63, 3.8) is 0 Å².